The van der Waals surface area contributed by atoms with Crippen LogP contribution >= 0.6 is 11.3 Å². The number of halogens is 1. The van der Waals surface area contributed by atoms with Crippen molar-refractivity contribution in [3.63, 3.8) is 0 Å². The molecule has 3 N–H and O–H groups in total. The van der Waals surface area contributed by atoms with Crippen LogP contribution in [-0.4, -0.2) is 136 Å². The number of aliphatic hydroxyl groups excluding tert-OH is 1. The summed E-state index contributed by atoms with van der Waals surface area (Å²) in [6.07, 6.45) is 7.30. The van der Waals surface area contributed by atoms with Crippen LogP contribution in [0.2, 0.25) is 0 Å². The molecule has 380 valence electrons. The van der Waals surface area contributed by atoms with Gasteiger partial charge in [-0.05, 0) is 91.8 Å². The van der Waals surface area contributed by atoms with Gasteiger partial charge in [-0.25, -0.2) is 9.37 Å². The van der Waals surface area contributed by atoms with Gasteiger partial charge in [-0.1, -0.05) is 32.9 Å². The topological polar surface area (TPSA) is 181 Å². The summed E-state index contributed by atoms with van der Waals surface area (Å²) in [6, 6.07) is 9.74. The van der Waals surface area contributed by atoms with Crippen LogP contribution in [0.15, 0.2) is 65.3 Å². The summed E-state index contributed by atoms with van der Waals surface area (Å²) >= 11 is 1.55. The lowest BCUT2D eigenvalue weighted by Crippen LogP contribution is -2.59. The molecule has 71 heavy (non-hydrogen) atoms. The third kappa shape index (κ3) is 11.7. The molecule has 0 spiro atoms. The lowest BCUT2D eigenvalue weighted by Gasteiger charge is -2.35. The van der Waals surface area contributed by atoms with Crippen molar-refractivity contribution in [2.24, 2.45) is 12.5 Å². The number of hydrogen-bond acceptors (Lipinski definition) is 13. The normalized spacial score (nSPS) is 18.6. The number of thiazole rings is 1. The number of likely N-dealkylation sites (tertiary alicyclic amines) is 1. The maximum Gasteiger partial charge on any atom is 0.259 e. The Kier molecular flexibility index (Phi) is 15.8. The van der Waals surface area contributed by atoms with Gasteiger partial charge in [0.25, 0.3) is 11.5 Å². The highest BCUT2D eigenvalue weighted by molar-refractivity contribution is 7.13. The first-order valence-electron chi connectivity index (χ1n) is 24.5. The van der Waals surface area contributed by atoms with Gasteiger partial charge >= 0.3 is 0 Å². The number of nitrogens with one attached hydrogen (secondary N) is 2. The molecule has 16 nitrogen and oxygen atoms in total. The lowest BCUT2D eigenvalue weighted by atomic mass is 9.85. The number of nitrogens with zero attached hydrogens (tertiary/aromatic N) is 6. The van der Waals surface area contributed by atoms with Gasteiger partial charge in [0.2, 0.25) is 11.8 Å². The van der Waals surface area contributed by atoms with Gasteiger partial charge in [0, 0.05) is 89.0 Å². The van der Waals surface area contributed by atoms with E-state index in [1.165, 1.54) is 4.90 Å². The number of aromatic nitrogens is 3. The Morgan fingerprint density at radius 2 is 1.66 bits per heavy atom. The molecule has 2 aliphatic heterocycles. The number of aliphatic hydroxyl groups is 1. The van der Waals surface area contributed by atoms with Crippen molar-refractivity contribution >= 4 is 39.8 Å². The molecular formula is C53H67FN8O8S. The fourth-order valence-electron chi connectivity index (χ4n) is 9.60. The van der Waals surface area contributed by atoms with Crippen molar-refractivity contribution in [3.05, 3.63) is 87.7 Å². The number of carbonyl (C=O) groups excluding carboxylic acids is 3. The predicted molar refractivity (Wildman–Crippen MR) is 271 cm³/mol. The number of piperazine rings is 1. The first kappa shape index (κ1) is 51.4. The van der Waals surface area contributed by atoms with Crippen LogP contribution in [0.1, 0.15) is 76.1 Å². The molecule has 3 amide bonds. The molecule has 3 atom stereocenters. The number of alkyl halides is 1. The van der Waals surface area contributed by atoms with Crippen LogP contribution in [0.4, 0.5) is 4.39 Å². The molecule has 3 aromatic heterocycles. The molecule has 8 rings (SSSR count). The smallest absolute Gasteiger partial charge is 0.259 e. The number of methoxy groups -OCH3 is 2. The van der Waals surface area contributed by atoms with E-state index in [1.54, 1.807) is 70.3 Å². The Bertz CT molecular complexity index is 2770. The van der Waals surface area contributed by atoms with Crippen molar-refractivity contribution in [2.75, 3.05) is 60.1 Å². The summed E-state index contributed by atoms with van der Waals surface area (Å²) in [7, 11) is 5.09. The zero-order valence-corrected chi connectivity index (χ0v) is 42.7. The number of aryl methyl sites for hydroxylation is 2. The molecular weight excluding hydrogens is 928 g/mol. The van der Waals surface area contributed by atoms with Crippen LogP contribution in [0.5, 0.6) is 17.2 Å². The maximum atomic E-state index is 14.7. The van der Waals surface area contributed by atoms with Gasteiger partial charge in [-0.3, -0.25) is 29.1 Å². The van der Waals surface area contributed by atoms with Crippen LogP contribution < -0.4 is 30.4 Å². The number of amides is 3. The summed E-state index contributed by atoms with van der Waals surface area (Å²) in [5.74, 6) is 0.312. The quantitative estimate of drug-likeness (QED) is 0.0820. The van der Waals surface area contributed by atoms with Crippen molar-refractivity contribution in [1.82, 2.24) is 39.9 Å². The van der Waals surface area contributed by atoms with Crippen molar-refractivity contribution in [1.29, 1.82) is 0 Å². The molecule has 3 aliphatic rings. The van der Waals surface area contributed by atoms with Crippen LogP contribution in [0, 0.1) is 12.3 Å². The Morgan fingerprint density at radius 3 is 2.32 bits per heavy atom. The maximum absolute atomic E-state index is 14.7. The lowest BCUT2D eigenvalue weighted by molar-refractivity contribution is -0.145. The molecule has 0 radical (unpaired) electrons. The number of rotatable bonds is 19. The van der Waals surface area contributed by atoms with E-state index in [0.717, 1.165) is 107 Å². The molecule has 18 heteroatoms. The zero-order chi connectivity index (χ0) is 50.6. The van der Waals surface area contributed by atoms with Gasteiger partial charge in [0.1, 0.15) is 29.3 Å². The predicted octanol–water partition coefficient (Wildman–Crippen LogP) is 6.03. The summed E-state index contributed by atoms with van der Waals surface area (Å²) in [6.45, 7) is 13.1. The number of hydrogen-bond donors (Lipinski definition) is 3. The minimum atomic E-state index is -1.97. The van der Waals surface area contributed by atoms with E-state index < -0.39 is 47.0 Å². The molecule has 1 saturated carbocycles. The summed E-state index contributed by atoms with van der Waals surface area (Å²) in [4.78, 5) is 69.3. The Hall–Kier alpha value is -5.95. The third-order valence-electron chi connectivity index (χ3n) is 14.0. The Morgan fingerprint density at radius 1 is 0.958 bits per heavy atom. The average Bonchev–Trinajstić information content (AvgIpc) is 3.77. The first-order valence-corrected chi connectivity index (χ1v) is 25.4. The molecule has 3 fully saturated rings. The standard InChI is InChI=1S/C53H67FN8O8S/c1-33-46(71-32-57-33)34-11-12-35(27-56-48(64)42-26-37(63)29-62(42)50(66)47(52(2,3)4)58-51(67)53(54)14-15-53)43(23-34)70-22-10-8-9-17-60-18-20-61(21-19-60)31-41-44(68-6)24-36(25-45(41)69-7)40-30-59(5)49(65)39-28-55-16-13-38(39)40/h11-13,16,23-25,28,30,32,37,42,47,63H,8-10,14-15,17-22,26-27,29,31H2,1-7H3,(H,56,64)(H,58,67)/t37-,42+,47-/m1/s1. The fraction of sp³-hybridized carbons (Fsp3) is 0.509. The Labute approximate surface area is 418 Å². The van der Waals surface area contributed by atoms with Crippen LogP contribution in [0.3, 0.4) is 0 Å². The molecule has 5 aromatic rings. The van der Waals surface area contributed by atoms with Crippen LogP contribution in [0.25, 0.3) is 32.3 Å². The average molecular weight is 995 g/mol. The third-order valence-corrected chi connectivity index (χ3v) is 15.0. The number of ether oxygens (including phenoxy) is 3. The van der Waals surface area contributed by atoms with Crippen LogP contribution in [-0.2, 0) is 34.5 Å². The molecule has 0 unspecified atom stereocenters. The van der Waals surface area contributed by atoms with E-state index in [4.69, 9.17) is 14.2 Å². The largest absolute Gasteiger partial charge is 0.496 e. The SMILES string of the molecule is COc1cc(-c2cn(C)c(=O)c3cnccc23)cc(OC)c1CN1CCN(CCCCCOc2cc(-c3scnc3C)ccc2CNC(=O)[C@@H]2C[C@@H](O)CN2C(=O)[C@@H](NC(=O)C2(F)CC2)C(C)(C)C)CC1. The van der Waals surface area contributed by atoms with E-state index in [-0.39, 0.29) is 37.9 Å². The number of unbranched alkanes of at least 4 members (excludes halogenated alkanes) is 2. The first-order chi connectivity index (χ1) is 34.0. The number of benzene rings is 2. The number of β-amino-alcohol motifs (C(OH)–C–C–N with tert-alkyl or cyclic N) is 1. The number of carbonyl (C=O) groups is 3. The molecule has 2 aromatic carbocycles. The second-order valence-electron chi connectivity index (χ2n) is 20.2. The number of fused-ring (bicyclic) bond motifs is 1. The van der Waals surface area contributed by atoms with Gasteiger partial charge in [0.15, 0.2) is 5.67 Å². The second-order valence-corrected chi connectivity index (χ2v) is 21.1. The minimum absolute atomic E-state index is 0.0371. The second kappa shape index (κ2) is 21.8. The highest BCUT2D eigenvalue weighted by Gasteiger charge is 2.53. The van der Waals surface area contributed by atoms with E-state index in [2.05, 4.69) is 30.4 Å². The van der Waals surface area contributed by atoms with Gasteiger partial charge in [-0.2, -0.15) is 0 Å². The van der Waals surface area contributed by atoms with Crippen molar-refractivity contribution in [2.45, 2.75) is 103 Å². The van der Waals surface area contributed by atoms with E-state index in [1.807, 2.05) is 55.0 Å². The van der Waals surface area contributed by atoms with E-state index in [0.29, 0.717) is 24.3 Å². The summed E-state index contributed by atoms with van der Waals surface area (Å²) in [5.41, 5.74) is 4.36. The minimum Gasteiger partial charge on any atom is -0.496 e. The fourth-order valence-corrected chi connectivity index (χ4v) is 10.4. The van der Waals surface area contributed by atoms with Crippen molar-refractivity contribution in [3.8, 4) is 38.8 Å². The van der Waals surface area contributed by atoms with Gasteiger partial charge < -0.3 is 44.3 Å². The van der Waals surface area contributed by atoms with Crippen molar-refractivity contribution < 1.29 is 38.1 Å². The molecule has 5 heterocycles. The monoisotopic (exact) mass is 994 g/mol. The van der Waals surface area contributed by atoms with Gasteiger partial charge in [0.05, 0.1) is 54.0 Å². The summed E-state index contributed by atoms with van der Waals surface area (Å²) < 4.78 is 34.6. The highest BCUT2D eigenvalue weighted by atomic mass is 32.1. The highest BCUT2D eigenvalue weighted by Crippen LogP contribution is 2.41. The van der Waals surface area contributed by atoms with E-state index in [9.17, 15) is 28.7 Å². The Balaban J connectivity index is 0.835. The van der Waals surface area contributed by atoms with E-state index >= 15 is 0 Å². The molecule has 0 bridgehead atoms. The summed E-state index contributed by atoms with van der Waals surface area (Å²) in [5, 5.41) is 17.6. The zero-order valence-electron chi connectivity index (χ0n) is 41.9. The molecule has 2 saturated heterocycles. The van der Waals surface area contributed by atoms with Gasteiger partial charge in [-0.15, -0.1) is 11.3 Å². The molecule has 1 aliphatic carbocycles. The number of pyridine rings is 2.